The summed E-state index contributed by atoms with van der Waals surface area (Å²) < 4.78 is 9.68. The molecule has 1 amide bonds. The number of carbonyl (C=O) groups excluding carboxylic acids is 2. The van der Waals surface area contributed by atoms with Crippen LogP contribution in [0.1, 0.15) is 22.7 Å². The number of rotatable bonds is 4. The Bertz CT molecular complexity index is 383. The molecule has 0 bridgehead atoms. The van der Waals surface area contributed by atoms with Gasteiger partial charge in [-0.05, 0) is 19.1 Å². The minimum Gasteiger partial charge on any atom is -0.469 e. The second-order valence-corrected chi connectivity index (χ2v) is 3.46. The van der Waals surface area contributed by atoms with E-state index in [2.05, 4.69) is 4.74 Å². The first-order valence-corrected chi connectivity index (χ1v) is 4.93. The first-order valence-electron chi connectivity index (χ1n) is 4.93. The van der Waals surface area contributed by atoms with E-state index in [0.717, 1.165) is 0 Å². The second-order valence-electron chi connectivity index (χ2n) is 3.46. The first kappa shape index (κ1) is 12.3. The van der Waals surface area contributed by atoms with E-state index in [1.54, 1.807) is 26.1 Å². The third kappa shape index (κ3) is 3.12. The molecule has 0 saturated carbocycles. The molecule has 16 heavy (non-hydrogen) atoms. The molecule has 5 heteroatoms. The molecule has 0 aliphatic carbocycles. The van der Waals surface area contributed by atoms with E-state index in [9.17, 15) is 9.59 Å². The minimum absolute atomic E-state index is 0.179. The topological polar surface area (TPSA) is 59.8 Å². The fourth-order valence-corrected chi connectivity index (χ4v) is 1.20. The number of nitrogens with zero attached hydrogens (tertiary/aromatic N) is 1. The van der Waals surface area contributed by atoms with Gasteiger partial charge in [-0.1, -0.05) is 0 Å². The summed E-state index contributed by atoms with van der Waals surface area (Å²) in [7, 11) is 2.93. The van der Waals surface area contributed by atoms with Crippen molar-refractivity contribution < 1.29 is 18.7 Å². The number of amides is 1. The van der Waals surface area contributed by atoms with Crippen molar-refractivity contribution in [3.8, 4) is 0 Å². The summed E-state index contributed by atoms with van der Waals surface area (Å²) in [6.45, 7) is 2.08. The van der Waals surface area contributed by atoms with Crippen LogP contribution >= 0.6 is 0 Å². The van der Waals surface area contributed by atoms with Gasteiger partial charge in [0.1, 0.15) is 5.76 Å². The van der Waals surface area contributed by atoms with Crippen molar-refractivity contribution in [1.82, 2.24) is 4.90 Å². The predicted octanol–water partition coefficient (Wildman–Crippen LogP) is 1.22. The zero-order valence-electron chi connectivity index (χ0n) is 9.65. The van der Waals surface area contributed by atoms with E-state index < -0.39 is 0 Å². The van der Waals surface area contributed by atoms with Gasteiger partial charge in [-0.2, -0.15) is 0 Å². The van der Waals surface area contributed by atoms with Crippen molar-refractivity contribution >= 4 is 11.9 Å². The number of hydrogen-bond donors (Lipinski definition) is 0. The molecule has 0 fully saturated rings. The summed E-state index contributed by atoms with van der Waals surface area (Å²) >= 11 is 0. The Hall–Kier alpha value is -1.78. The van der Waals surface area contributed by atoms with Crippen molar-refractivity contribution in [1.29, 1.82) is 0 Å². The van der Waals surface area contributed by atoms with Gasteiger partial charge in [-0.15, -0.1) is 0 Å². The normalized spacial score (nSPS) is 9.94. The van der Waals surface area contributed by atoms with Gasteiger partial charge >= 0.3 is 5.97 Å². The van der Waals surface area contributed by atoms with Crippen LogP contribution in [0.2, 0.25) is 0 Å². The van der Waals surface area contributed by atoms with E-state index in [4.69, 9.17) is 4.42 Å². The number of aryl methyl sites for hydroxylation is 1. The average Bonchev–Trinajstić information content (AvgIpc) is 2.71. The first-order chi connectivity index (χ1) is 7.54. The molecule has 1 heterocycles. The SMILES string of the molecule is COC(=O)CCN(C)C(=O)c1ccc(C)o1. The van der Waals surface area contributed by atoms with Crippen molar-refractivity contribution in [3.05, 3.63) is 23.7 Å². The minimum atomic E-state index is -0.338. The third-order valence-electron chi connectivity index (χ3n) is 2.18. The Morgan fingerprint density at radius 2 is 2.12 bits per heavy atom. The number of esters is 1. The molecule has 0 radical (unpaired) electrons. The zero-order valence-corrected chi connectivity index (χ0v) is 9.65. The molecule has 0 atom stereocenters. The third-order valence-corrected chi connectivity index (χ3v) is 2.18. The van der Waals surface area contributed by atoms with E-state index >= 15 is 0 Å². The van der Waals surface area contributed by atoms with Crippen LogP contribution in [0.4, 0.5) is 0 Å². The maximum Gasteiger partial charge on any atom is 0.307 e. The lowest BCUT2D eigenvalue weighted by Gasteiger charge is -2.14. The van der Waals surface area contributed by atoms with Gasteiger partial charge in [-0.25, -0.2) is 0 Å². The lowest BCUT2D eigenvalue weighted by Crippen LogP contribution is -2.28. The van der Waals surface area contributed by atoms with Crippen LogP contribution in [0.3, 0.4) is 0 Å². The van der Waals surface area contributed by atoms with Crippen molar-refractivity contribution in [2.75, 3.05) is 20.7 Å². The molecule has 1 rings (SSSR count). The van der Waals surface area contributed by atoms with E-state index in [1.807, 2.05) is 0 Å². The highest BCUT2D eigenvalue weighted by Gasteiger charge is 2.16. The molecule has 0 aromatic carbocycles. The molecule has 5 nitrogen and oxygen atoms in total. The quantitative estimate of drug-likeness (QED) is 0.723. The molecule has 0 spiro atoms. The summed E-state index contributed by atoms with van der Waals surface area (Å²) in [4.78, 5) is 24.1. The summed E-state index contributed by atoms with van der Waals surface area (Å²) in [5.74, 6) is 0.391. The predicted molar refractivity (Wildman–Crippen MR) is 57.0 cm³/mol. The Kier molecular flexibility index (Phi) is 4.10. The van der Waals surface area contributed by atoms with Crippen molar-refractivity contribution in [3.63, 3.8) is 0 Å². The largest absolute Gasteiger partial charge is 0.469 e. The van der Waals surface area contributed by atoms with E-state index in [-0.39, 0.29) is 24.1 Å². The highest BCUT2D eigenvalue weighted by molar-refractivity contribution is 5.91. The Morgan fingerprint density at radius 3 is 2.62 bits per heavy atom. The molecule has 1 aromatic heterocycles. The van der Waals surface area contributed by atoms with Gasteiger partial charge in [0.25, 0.3) is 5.91 Å². The van der Waals surface area contributed by atoms with Gasteiger partial charge in [0.15, 0.2) is 5.76 Å². The molecule has 88 valence electrons. The molecule has 0 aliphatic rings. The number of furan rings is 1. The van der Waals surface area contributed by atoms with Gasteiger partial charge in [0, 0.05) is 13.6 Å². The number of hydrogen-bond acceptors (Lipinski definition) is 4. The summed E-state index contributed by atoms with van der Waals surface area (Å²) in [6.07, 6.45) is 0.179. The maximum absolute atomic E-state index is 11.7. The molecule has 0 N–H and O–H groups in total. The molecular weight excluding hydrogens is 210 g/mol. The standard InChI is InChI=1S/C11H15NO4/c1-8-4-5-9(16-8)11(14)12(2)7-6-10(13)15-3/h4-5H,6-7H2,1-3H3. The molecule has 1 aromatic rings. The van der Waals surface area contributed by atoms with Crippen LogP contribution in [-0.4, -0.2) is 37.5 Å². The lowest BCUT2D eigenvalue weighted by atomic mass is 10.3. The van der Waals surface area contributed by atoms with Crippen LogP contribution < -0.4 is 0 Å². The fraction of sp³-hybridized carbons (Fsp3) is 0.455. The van der Waals surface area contributed by atoms with Crippen molar-refractivity contribution in [2.24, 2.45) is 0 Å². The van der Waals surface area contributed by atoms with Crippen LogP contribution in [0.5, 0.6) is 0 Å². The number of carbonyl (C=O) groups is 2. The van der Waals surface area contributed by atoms with Gasteiger partial charge in [-0.3, -0.25) is 9.59 Å². The number of ether oxygens (including phenoxy) is 1. The highest BCUT2D eigenvalue weighted by atomic mass is 16.5. The summed E-state index contributed by atoms with van der Waals surface area (Å²) in [5.41, 5.74) is 0. The fourth-order valence-electron chi connectivity index (χ4n) is 1.20. The zero-order chi connectivity index (χ0) is 12.1. The Morgan fingerprint density at radius 1 is 1.44 bits per heavy atom. The van der Waals surface area contributed by atoms with Gasteiger partial charge in [0.05, 0.1) is 13.5 Å². The van der Waals surface area contributed by atoms with Crippen LogP contribution in [0, 0.1) is 6.92 Å². The molecule has 0 unspecified atom stereocenters. The summed E-state index contributed by atoms with van der Waals surface area (Å²) in [6, 6.07) is 3.34. The molecule has 0 saturated heterocycles. The Labute approximate surface area is 94.0 Å². The van der Waals surface area contributed by atoms with Crippen LogP contribution in [0.15, 0.2) is 16.5 Å². The van der Waals surface area contributed by atoms with Gasteiger partial charge < -0.3 is 14.1 Å². The van der Waals surface area contributed by atoms with E-state index in [0.29, 0.717) is 12.3 Å². The van der Waals surface area contributed by atoms with Crippen LogP contribution in [-0.2, 0) is 9.53 Å². The lowest BCUT2D eigenvalue weighted by molar-refractivity contribution is -0.140. The maximum atomic E-state index is 11.7. The smallest absolute Gasteiger partial charge is 0.307 e. The Balaban J connectivity index is 2.51. The summed E-state index contributed by atoms with van der Waals surface area (Å²) in [5, 5.41) is 0. The average molecular weight is 225 g/mol. The van der Waals surface area contributed by atoms with Crippen molar-refractivity contribution in [2.45, 2.75) is 13.3 Å². The van der Waals surface area contributed by atoms with Gasteiger partial charge in [0.2, 0.25) is 0 Å². The van der Waals surface area contributed by atoms with Crippen LogP contribution in [0.25, 0.3) is 0 Å². The van der Waals surface area contributed by atoms with E-state index in [1.165, 1.54) is 12.0 Å². The highest BCUT2D eigenvalue weighted by Crippen LogP contribution is 2.09. The molecule has 0 aliphatic heterocycles. The number of methoxy groups -OCH3 is 1. The molecular formula is C11H15NO4. The monoisotopic (exact) mass is 225 g/mol. The second kappa shape index (κ2) is 5.34.